The summed E-state index contributed by atoms with van der Waals surface area (Å²) in [5, 5.41) is 4.67. The number of imidazole rings is 1. The Hall–Kier alpha value is -2.64. The standard InChI is InChI=1S/C18H26N6O2/c1-5-8-9-10-23-14-15(22(4)18(26)20-16(14)25)19-17(23)24-13(7-3)11-12(6-2)21-24/h11H,5-10H2,1-4H3,(H,20,25,26). The Morgan fingerprint density at radius 3 is 2.54 bits per heavy atom. The van der Waals surface area contributed by atoms with Gasteiger partial charge >= 0.3 is 5.69 Å². The topological polar surface area (TPSA) is 90.5 Å². The van der Waals surface area contributed by atoms with E-state index >= 15 is 0 Å². The van der Waals surface area contributed by atoms with Gasteiger partial charge in [0.05, 0.1) is 5.69 Å². The van der Waals surface area contributed by atoms with E-state index in [1.807, 2.05) is 9.25 Å². The summed E-state index contributed by atoms with van der Waals surface area (Å²) in [7, 11) is 1.62. The number of nitrogens with zero attached hydrogens (tertiary/aromatic N) is 5. The molecule has 0 saturated heterocycles. The Kier molecular flexibility index (Phi) is 5.11. The van der Waals surface area contributed by atoms with Crippen molar-refractivity contribution >= 4 is 11.2 Å². The molecule has 26 heavy (non-hydrogen) atoms. The molecule has 140 valence electrons. The van der Waals surface area contributed by atoms with Gasteiger partial charge in [-0.2, -0.15) is 10.1 Å². The Balaban J connectivity index is 2.30. The monoisotopic (exact) mass is 358 g/mol. The van der Waals surface area contributed by atoms with Gasteiger partial charge in [0, 0.05) is 19.3 Å². The van der Waals surface area contributed by atoms with Crippen molar-refractivity contribution in [2.45, 2.75) is 59.4 Å². The van der Waals surface area contributed by atoms with E-state index in [9.17, 15) is 9.59 Å². The lowest BCUT2D eigenvalue weighted by Gasteiger charge is -2.10. The van der Waals surface area contributed by atoms with Gasteiger partial charge < -0.3 is 4.57 Å². The first-order valence-corrected chi connectivity index (χ1v) is 9.29. The van der Waals surface area contributed by atoms with Gasteiger partial charge in [-0.1, -0.05) is 33.6 Å². The first-order chi connectivity index (χ1) is 12.5. The number of fused-ring (bicyclic) bond motifs is 1. The summed E-state index contributed by atoms with van der Waals surface area (Å²) in [5.41, 5.74) is 1.97. The van der Waals surface area contributed by atoms with Crippen molar-refractivity contribution in [3.05, 3.63) is 38.3 Å². The van der Waals surface area contributed by atoms with Gasteiger partial charge in [0.25, 0.3) is 5.56 Å². The maximum atomic E-state index is 12.5. The van der Waals surface area contributed by atoms with Crippen LogP contribution in [-0.4, -0.2) is 28.9 Å². The number of rotatable bonds is 7. The zero-order valence-corrected chi connectivity index (χ0v) is 15.9. The van der Waals surface area contributed by atoms with Crippen molar-refractivity contribution < 1.29 is 0 Å². The number of unbranched alkanes of at least 4 members (excludes halogenated alkanes) is 2. The molecular formula is C18H26N6O2. The SMILES string of the molecule is CCCCCn1c(-n2nc(CC)cc2CC)nc2c1c(=O)[nH]c(=O)n2C. The van der Waals surface area contributed by atoms with Crippen molar-refractivity contribution in [2.24, 2.45) is 7.05 Å². The van der Waals surface area contributed by atoms with Crippen LogP contribution in [0.1, 0.15) is 51.4 Å². The molecule has 3 aromatic rings. The van der Waals surface area contributed by atoms with E-state index in [-0.39, 0.29) is 0 Å². The van der Waals surface area contributed by atoms with Gasteiger partial charge in [0.15, 0.2) is 11.2 Å². The Bertz CT molecular complexity index is 1040. The molecule has 0 spiro atoms. The van der Waals surface area contributed by atoms with Crippen molar-refractivity contribution in [3.63, 3.8) is 0 Å². The predicted octanol–water partition coefficient (Wildman–Crippen LogP) is 1.92. The van der Waals surface area contributed by atoms with Crippen LogP contribution in [0.25, 0.3) is 17.1 Å². The largest absolute Gasteiger partial charge is 0.329 e. The third-order valence-corrected chi connectivity index (χ3v) is 4.72. The summed E-state index contributed by atoms with van der Waals surface area (Å²) in [6.45, 7) is 6.93. The number of H-pyrrole nitrogens is 1. The Morgan fingerprint density at radius 2 is 1.88 bits per heavy atom. The van der Waals surface area contributed by atoms with Gasteiger partial charge in [0.2, 0.25) is 5.95 Å². The molecule has 0 aliphatic carbocycles. The van der Waals surface area contributed by atoms with Crippen molar-refractivity contribution in [2.75, 3.05) is 0 Å². The van der Waals surface area contributed by atoms with E-state index in [4.69, 9.17) is 0 Å². The Morgan fingerprint density at radius 1 is 1.12 bits per heavy atom. The van der Waals surface area contributed by atoms with Crippen LogP contribution >= 0.6 is 0 Å². The lowest BCUT2D eigenvalue weighted by Crippen LogP contribution is -2.29. The molecule has 0 aliphatic rings. The van der Waals surface area contributed by atoms with Gasteiger partial charge in [-0.15, -0.1) is 0 Å². The van der Waals surface area contributed by atoms with Crippen LogP contribution in [-0.2, 0) is 26.4 Å². The molecule has 3 aromatic heterocycles. The molecule has 0 saturated carbocycles. The second kappa shape index (κ2) is 7.31. The first-order valence-electron chi connectivity index (χ1n) is 9.29. The third-order valence-electron chi connectivity index (χ3n) is 4.72. The smallest absolute Gasteiger partial charge is 0.302 e. The predicted molar refractivity (Wildman–Crippen MR) is 101 cm³/mol. The number of aromatic nitrogens is 6. The van der Waals surface area contributed by atoms with Crippen molar-refractivity contribution in [1.29, 1.82) is 0 Å². The fourth-order valence-corrected chi connectivity index (χ4v) is 3.19. The average Bonchev–Trinajstić information content (AvgIpc) is 3.21. The lowest BCUT2D eigenvalue weighted by atomic mass is 10.2. The Labute approximate surface area is 151 Å². The zero-order valence-electron chi connectivity index (χ0n) is 15.9. The normalized spacial score (nSPS) is 11.5. The summed E-state index contributed by atoms with van der Waals surface area (Å²) in [5.74, 6) is 0.597. The van der Waals surface area contributed by atoms with Crippen LogP contribution in [0.3, 0.4) is 0 Å². The molecule has 0 unspecified atom stereocenters. The summed E-state index contributed by atoms with van der Waals surface area (Å²) in [4.78, 5) is 31.5. The number of hydrogen-bond acceptors (Lipinski definition) is 4. The van der Waals surface area contributed by atoms with E-state index < -0.39 is 11.2 Å². The minimum Gasteiger partial charge on any atom is -0.302 e. The van der Waals surface area contributed by atoms with Crippen LogP contribution in [0, 0.1) is 0 Å². The maximum Gasteiger partial charge on any atom is 0.329 e. The van der Waals surface area contributed by atoms with Crippen molar-refractivity contribution in [3.8, 4) is 5.95 Å². The minimum absolute atomic E-state index is 0.390. The minimum atomic E-state index is -0.460. The molecule has 8 nitrogen and oxygen atoms in total. The van der Waals surface area contributed by atoms with Crippen LogP contribution in [0.4, 0.5) is 0 Å². The van der Waals surface area contributed by atoms with Crippen LogP contribution in [0.2, 0.25) is 0 Å². The van der Waals surface area contributed by atoms with Gasteiger partial charge in [0.1, 0.15) is 0 Å². The summed E-state index contributed by atoms with van der Waals surface area (Å²) in [6.07, 6.45) is 4.71. The molecule has 0 aliphatic heterocycles. The van der Waals surface area contributed by atoms with Gasteiger partial charge in [-0.3, -0.25) is 14.3 Å². The van der Waals surface area contributed by atoms with Crippen LogP contribution in [0.15, 0.2) is 15.7 Å². The number of nitrogens with one attached hydrogen (secondary N) is 1. The highest BCUT2D eigenvalue weighted by Crippen LogP contribution is 2.19. The fourth-order valence-electron chi connectivity index (χ4n) is 3.19. The molecule has 0 fully saturated rings. The van der Waals surface area contributed by atoms with Crippen molar-refractivity contribution in [1.82, 2.24) is 28.9 Å². The number of hydrogen-bond donors (Lipinski definition) is 1. The molecule has 0 aromatic carbocycles. The third kappa shape index (κ3) is 3.00. The molecular weight excluding hydrogens is 332 g/mol. The molecule has 3 rings (SSSR count). The second-order valence-corrected chi connectivity index (χ2v) is 6.51. The van der Waals surface area contributed by atoms with Crippen LogP contribution in [0.5, 0.6) is 0 Å². The van der Waals surface area contributed by atoms with E-state index in [0.717, 1.165) is 43.5 Å². The van der Waals surface area contributed by atoms with E-state index in [1.165, 1.54) is 4.57 Å². The highest BCUT2D eigenvalue weighted by atomic mass is 16.2. The molecule has 0 atom stereocenters. The highest BCUT2D eigenvalue weighted by Gasteiger charge is 2.20. The maximum absolute atomic E-state index is 12.5. The molecule has 1 N–H and O–H groups in total. The van der Waals surface area contributed by atoms with E-state index in [0.29, 0.717) is 23.7 Å². The highest BCUT2D eigenvalue weighted by molar-refractivity contribution is 5.72. The lowest BCUT2D eigenvalue weighted by molar-refractivity contribution is 0.586. The second-order valence-electron chi connectivity index (χ2n) is 6.51. The van der Waals surface area contributed by atoms with Gasteiger partial charge in [-0.25, -0.2) is 9.48 Å². The molecule has 3 heterocycles. The van der Waals surface area contributed by atoms with Crippen LogP contribution < -0.4 is 11.2 Å². The molecule has 0 amide bonds. The summed E-state index contributed by atoms with van der Waals surface area (Å²) < 4.78 is 5.09. The van der Waals surface area contributed by atoms with Gasteiger partial charge in [-0.05, 0) is 25.3 Å². The summed E-state index contributed by atoms with van der Waals surface area (Å²) in [6, 6.07) is 2.07. The quantitative estimate of drug-likeness (QED) is 0.653. The fraction of sp³-hybridized carbons (Fsp3) is 0.556. The number of aryl methyl sites for hydroxylation is 4. The zero-order chi connectivity index (χ0) is 18.8. The average molecular weight is 358 g/mol. The van der Waals surface area contributed by atoms with E-state index in [2.05, 4.69) is 41.9 Å². The molecule has 0 bridgehead atoms. The summed E-state index contributed by atoms with van der Waals surface area (Å²) >= 11 is 0. The molecule has 8 heteroatoms. The van der Waals surface area contributed by atoms with E-state index in [1.54, 1.807) is 7.05 Å². The number of aromatic amines is 1. The molecule has 0 radical (unpaired) electrons. The first kappa shape index (κ1) is 18.2.